The molecule has 0 saturated heterocycles. The lowest BCUT2D eigenvalue weighted by Gasteiger charge is -2.02. The first-order valence-corrected chi connectivity index (χ1v) is 7.08. The van der Waals surface area contributed by atoms with Gasteiger partial charge in [-0.15, -0.1) is 0 Å². The summed E-state index contributed by atoms with van der Waals surface area (Å²) in [7, 11) is 0. The van der Waals surface area contributed by atoms with E-state index >= 15 is 0 Å². The van der Waals surface area contributed by atoms with Crippen LogP contribution in [0.4, 0.5) is 0 Å². The summed E-state index contributed by atoms with van der Waals surface area (Å²) in [4.78, 5) is 0. The Kier molecular flexibility index (Phi) is 2.97. The van der Waals surface area contributed by atoms with Crippen LogP contribution in [0.25, 0.3) is 10.9 Å². The average molecular weight is 293 g/mol. The van der Waals surface area contributed by atoms with Crippen LogP contribution in [0.2, 0.25) is 0 Å². The van der Waals surface area contributed by atoms with E-state index < -0.39 is 0 Å². The fourth-order valence-electron chi connectivity index (χ4n) is 2.32. The minimum absolute atomic E-state index is 0.766. The van der Waals surface area contributed by atoms with Crippen molar-refractivity contribution in [2.45, 2.75) is 38.9 Å². The number of rotatable bonds is 4. The molecule has 3 heteroatoms. The third-order valence-electron chi connectivity index (χ3n) is 3.43. The molecule has 1 N–H and O–H groups in total. The molecule has 1 saturated carbocycles. The largest absolute Gasteiger partial charge is 0.347 e. The first-order chi connectivity index (χ1) is 8.29. The average Bonchev–Trinajstić information content (AvgIpc) is 3.08. The van der Waals surface area contributed by atoms with Gasteiger partial charge in [-0.05, 0) is 47.3 Å². The van der Waals surface area contributed by atoms with E-state index in [4.69, 9.17) is 0 Å². The number of fused-ring (bicyclic) bond motifs is 1. The molecule has 17 heavy (non-hydrogen) atoms. The predicted octanol–water partition coefficient (Wildman–Crippen LogP) is 3.68. The second kappa shape index (κ2) is 4.46. The second-order valence-electron chi connectivity index (χ2n) is 4.73. The van der Waals surface area contributed by atoms with E-state index in [1.165, 1.54) is 33.8 Å². The highest BCUT2D eigenvalue weighted by molar-refractivity contribution is 9.10. The summed E-state index contributed by atoms with van der Waals surface area (Å²) in [5, 5.41) is 4.96. The van der Waals surface area contributed by atoms with Crippen LogP contribution in [0.5, 0.6) is 0 Å². The summed E-state index contributed by atoms with van der Waals surface area (Å²) in [6.45, 7) is 4.20. The maximum absolute atomic E-state index is 3.65. The van der Waals surface area contributed by atoms with E-state index in [1.54, 1.807) is 0 Å². The standard InChI is InChI=1S/C14H17BrN2/c1-2-17-9-10(8-16-11-6-7-11)12-4-3-5-13(15)14(12)17/h3-5,9,11,16H,2,6-8H2,1H3. The van der Waals surface area contributed by atoms with E-state index in [9.17, 15) is 0 Å². The van der Waals surface area contributed by atoms with E-state index in [0.717, 1.165) is 19.1 Å². The van der Waals surface area contributed by atoms with Gasteiger partial charge in [0.1, 0.15) is 0 Å². The molecule has 90 valence electrons. The second-order valence-corrected chi connectivity index (χ2v) is 5.59. The number of para-hydroxylation sites is 1. The predicted molar refractivity (Wildman–Crippen MR) is 75.2 cm³/mol. The van der Waals surface area contributed by atoms with Gasteiger partial charge < -0.3 is 9.88 Å². The van der Waals surface area contributed by atoms with Crippen molar-refractivity contribution in [1.29, 1.82) is 0 Å². The molecule has 1 heterocycles. The molecular formula is C14H17BrN2. The molecule has 1 aromatic heterocycles. The highest BCUT2D eigenvalue weighted by Crippen LogP contribution is 2.29. The zero-order chi connectivity index (χ0) is 11.8. The topological polar surface area (TPSA) is 17.0 Å². The molecule has 0 amide bonds. The summed E-state index contributed by atoms with van der Waals surface area (Å²) >= 11 is 3.65. The highest BCUT2D eigenvalue weighted by Gasteiger charge is 2.21. The number of halogens is 1. The maximum atomic E-state index is 3.65. The number of benzene rings is 1. The van der Waals surface area contributed by atoms with Gasteiger partial charge in [0.25, 0.3) is 0 Å². The Morgan fingerprint density at radius 2 is 2.24 bits per heavy atom. The Bertz CT molecular complexity index is 540. The number of hydrogen-bond donors (Lipinski definition) is 1. The Labute approximate surface area is 110 Å². The molecule has 1 aliphatic carbocycles. The zero-order valence-corrected chi connectivity index (χ0v) is 11.6. The molecule has 2 nitrogen and oxygen atoms in total. The zero-order valence-electron chi connectivity index (χ0n) is 10.0. The first kappa shape index (κ1) is 11.3. The van der Waals surface area contributed by atoms with E-state index in [0.29, 0.717) is 0 Å². The summed E-state index contributed by atoms with van der Waals surface area (Å²) in [6.07, 6.45) is 4.97. The normalized spacial score (nSPS) is 15.6. The summed E-state index contributed by atoms with van der Waals surface area (Å²) in [6, 6.07) is 7.22. The van der Waals surface area contributed by atoms with Crippen LogP contribution in [0.15, 0.2) is 28.9 Å². The molecule has 0 bridgehead atoms. The van der Waals surface area contributed by atoms with Crippen molar-refractivity contribution in [2.24, 2.45) is 0 Å². The first-order valence-electron chi connectivity index (χ1n) is 6.29. The molecule has 0 radical (unpaired) electrons. The molecule has 1 aromatic carbocycles. The van der Waals surface area contributed by atoms with Crippen LogP contribution in [0.1, 0.15) is 25.3 Å². The fraction of sp³-hybridized carbons (Fsp3) is 0.429. The Morgan fingerprint density at radius 3 is 2.94 bits per heavy atom. The van der Waals surface area contributed by atoms with Gasteiger partial charge in [-0.2, -0.15) is 0 Å². The molecule has 0 spiro atoms. The Morgan fingerprint density at radius 1 is 1.41 bits per heavy atom. The Hall–Kier alpha value is -0.800. The number of nitrogens with one attached hydrogen (secondary N) is 1. The number of aromatic nitrogens is 1. The molecule has 2 aromatic rings. The smallest absolute Gasteiger partial charge is 0.0627 e. The minimum atomic E-state index is 0.766. The lowest BCUT2D eigenvalue weighted by molar-refractivity contribution is 0.686. The highest BCUT2D eigenvalue weighted by atomic mass is 79.9. The van der Waals surface area contributed by atoms with Crippen LogP contribution in [0, 0.1) is 0 Å². The molecule has 3 rings (SSSR count). The summed E-state index contributed by atoms with van der Waals surface area (Å²) in [5.41, 5.74) is 2.73. The molecule has 1 fully saturated rings. The van der Waals surface area contributed by atoms with Crippen LogP contribution in [-0.2, 0) is 13.1 Å². The summed E-state index contributed by atoms with van der Waals surface area (Å²) in [5.74, 6) is 0. The van der Waals surface area contributed by atoms with Crippen molar-refractivity contribution in [2.75, 3.05) is 0 Å². The third kappa shape index (κ3) is 2.14. The summed E-state index contributed by atoms with van der Waals surface area (Å²) < 4.78 is 3.51. The van der Waals surface area contributed by atoms with Gasteiger partial charge >= 0.3 is 0 Å². The van der Waals surface area contributed by atoms with Gasteiger partial charge in [0.2, 0.25) is 0 Å². The van der Waals surface area contributed by atoms with Crippen LogP contribution >= 0.6 is 15.9 Å². The quantitative estimate of drug-likeness (QED) is 0.910. The van der Waals surface area contributed by atoms with Gasteiger partial charge in [-0.25, -0.2) is 0 Å². The molecule has 0 atom stereocenters. The van der Waals surface area contributed by atoms with Gasteiger partial charge in [-0.1, -0.05) is 12.1 Å². The Balaban J connectivity index is 2.01. The van der Waals surface area contributed by atoms with Crippen molar-refractivity contribution >= 4 is 26.8 Å². The maximum Gasteiger partial charge on any atom is 0.0627 e. The van der Waals surface area contributed by atoms with Crippen molar-refractivity contribution in [3.63, 3.8) is 0 Å². The van der Waals surface area contributed by atoms with E-state index in [1.807, 2.05) is 0 Å². The van der Waals surface area contributed by atoms with Crippen LogP contribution in [0.3, 0.4) is 0 Å². The minimum Gasteiger partial charge on any atom is -0.347 e. The van der Waals surface area contributed by atoms with Crippen molar-refractivity contribution < 1.29 is 0 Å². The molecule has 0 aliphatic heterocycles. The molecule has 0 unspecified atom stereocenters. The molecular weight excluding hydrogens is 276 g/mol. The van der Waals surface area contributed by atoms with Crippen molar-refractivity contribution in [3.8, 4) is 0 Å². The number of aryl methyl sites for hydroxylation is 1. The van der Waals surface area contributed by atoms with Crippen LogP contribution in [-0.4, -0.2) is 10.6 Å². The van der Waals surface area contributed by atoms with Crippen molar-refractivity contribution in [1.82, 2.24) is 9.88 Å². The monoisotopic (exact) mass is 292 g/mol. The lowest BCUT2D eigenvalue weighted by Crippen LogP contribution is -2.14. The van der Waals surface area contributed by atoms with E-state index in [-0.39, 0.29) is 0 Å². The van der Waals surface area contributed by atoms with Crippen LogP contribution < -0.4 is 5.32 Å². The SMILES string of the molecule is CCn1cc(CNC2CC2)c2cccc(Br)c21. The molecule has 1 aliphatic rings. The van der Waals surface area contributed by atoms with Gasteiger partial charge in [0.15, 0.2) is 0 Å². The van der Waals surface area contributed by atoms with Gasteiger partial charge in [0, 0.05) is 35.2 Å². The lowest BCUT2D eigenvalue weighted by atomic mass is 10.2. The fourth-order valence-corrected chi connectivity index (χ4v) is 2.91. The van der Waals surface area contributed by atoms with Crippen molar-refractivity contribution in [3.05, 3.63) is 34.4 Å². The van der Waals surface area contributed by atoms with E-state index in [2.05, 4.69) is 57.1 Å². The van der Waals surface area contributed by atoms with Gasteiger partial charge in [0.05, 0.1) is 5.52 Å². The number of hydrogen-bond acceptors (Lipinski definition) is 1. The van der Waals surface area contributed by atoms with Gasteiger partial charge in [-0.3, -0.25) is 0 Å². The number of nitrogens with zero attached hydrogens (tertiary/aromatic N) is 1. The third-order valence-corrected chi connectivity index (χ3v) is 4.07.